The first kappa shape index (κ1) is 26.5. The van der Waals surface area contributed by atoms with Crippen molar-refractivity contribution >= 4 is 17.3 Å². The fourth-order valence-corrected chi connectivity index (χ4v) is 4.21. The Bertz CT molecular complexity index is 1410. The van der Waals surface area contributed by atoms with Crippen molar-refractivity contribution in [2.24, 2.45) is 0 Å². The van der Waals surface area contributed by atoms with E-state index in [9.17, 15) is 26.3 Å². The SMILES string of the molecule is Cc1ccc(-c2cc(C(F)(F)F)cc(C(F)(F)F)c2CNc2ccc(-c3ccc(Cl)cc3)c(C)c2)cn1. The van der Waals surface area contributed by atoms with Gasteiger partial charge in [0, 0.05) is 34.7 Å². The van der Waals surface area contributed by atoms with E-state index in [0.29, 0.717) is 16.4 Å². The van der Waals surface area contributed by atoms with Crippen LogP contribution in [0.5, 0.6) is 0 Å². The second-order valence-corrected chi connectivity index (χ2v) is 9.06. The fourth-order valence-electron chi connectivity index (χ4n) is 4.08. The molecule has 0 fully saturated rings. The van der Waals surface area contributed by atoms with Crippen LogP contribution in [0.25, 0.3) is 22.3 Å². The molecule has 0 bridgehead atoms. The molecular weight excluding hydrogens is 514 g/mol. The molecule has 0 atom stereocenters. The summed E-state index contributed by atoms with van der Waals surface area (Å²) < 4.78 is 82.7. The highest BCUT2D eigenvalue weighted by Gasteiger charge is 2.39. The Morgan fingerprint density at radius 1 is 0.757 bits per heavy atom. The van der Waals surface area contributed by atoms with Gasteiger partial charge in [0.25, 0.3) is 0 Å². The van der Waals surface area contributed by atoms with Gasteiger partial charge in [0.15, 0.2) is 0 Å². The van der Waals surface area contributed by atoms with E-state index in [2.05, 4.69) is 10.3 Å². The van der Waals surface area contributed by atoms with Crippen molar-refractivity contribution < 1.29 is 26.3 Å². The number of anilines is 1. The molecule has 0 amide bonds. The molecule has 37 heavy (non-hydrogen) atoms. The number of nitrogens with zero attached hydrogens (tertiary/aromatic N) is 1. The van der Waals surface area contributed by atoms with E-state index in [1.165, 1.54) is 12.3 Å². The van der Waals surface area contributed by atoms with E-state index < -0.39 is 23.5 Å². The molecule has 0 unspecified atom stereocenters. The summed E-state index contributed by atoms with van der Waals surface area (Å²) in [5, 5.41) is 3.55. The second kappa shape index (κ2) is 10.1. The molecule has 0 aliphatic carbocycles. The number of halogens is 7. The van der Waals surface area contributed by atoms with Crippen molar-refractivity contribution in [3.05, 3.63) is 106 Å². The molecule has 2 nitrogen and oxygen atoms in total. The number of hydrogen-bond donors (Lipinski definition) is 1. The molecule has 1 aromatic heterocycles. The second-order valence-electron chi connectivity index (χ2n) is 8.62. The monoisotopic (exact) mass is 534 g/mol. The lowest BCUT2D eigenvalue weighted by Gasteiger charge is -2.21. The molecule has 0 saturated heterocycles. The fraction of sp³-hybridized carbons (Fsp3) is 0.179. The molecule has 0 saturated carbocycles. The van der Waals surface area contributed by atoms with E-state index in [1.807, 2.05) is 25.1 Å². The molecule has 0 aliphatic rings. The van der Waals surface area contributed by atoms with Gasteiger partial charge in [-0.2, -0.15) is 26.3 Å². The topological polar surface area (TPSA) is 24.9 Å². The third-order valence-corrected chi connectivity index (χ3v) is 6.21. The van der Waals surface area contributed by atoms with E-state index in [4.69, 9.17) is 11.6 Å². The molecule has 3 aromatic carbocycles. The van der Waals surface area contributed by atoms with E-state index in [-0.39, 0.29) is 29.3 Å². The molecule has 4 aromatic rings. The Labute approximate surface area is 214 Å². The summed E-state index contributed by atoms with van der Waals surface area (Å²) in [7, 11) is 0. The van der Waals surface area contributed by atoms with Crippen LogP contribution in [-0.2, 0) is 18.9 Å². The highest BCUT2D eigenvalue weighted by atomic mass is 35.5. The molecule has 0 spiro atoms. The highest BCUT2D eigenvalue weighted by Crippen LogP contribution is 2.42. The Morgan fingerprint density at radius 3 is 2.00 bits per heavy atom. The van der Waals surface area contributed by atoms with Gasteiger partial charge in [0.2, 0.25) is 0 Å². The lowest BCUT2D eigenvalue weighted by Crippen LogP contribution is -2.17. The molecule has 9 heteroatoms. The van der Waals surface area contributed by atoms with Gasteiger partial charge in [0.05, 0.1) is 11.1 Å². The summed E-state index contributed by atoms with van der Waals surface area (Å²) in [6.45, 7) is 3.18. The number of pyridine rings is 1. The smallest absolute Gasteiger partial charge is 0.381 e. The van der Waals surface area contributed by atoms with Gasteiger partial charge in [0.1, 0.15) is 0 Å². The zero-order valence-corrected chi connectivity index (χ0v) is 20.5. The van der Waals surface area contributed by atoms with Crippen molar-refractivity contribution in [3.63, 3.8) is 0 Å². The molecule has 0 aliphatic heterocycles. The average Bonchev–Trinajstić information content (AvgIpc) is 2.82. The maximum absolute atomic E-state index is 14.0. The van der Waals surface area contributed by atoms with Crippen LogP contribution in [0, 0.1) is 13.8 Å². The lowest BCUT2D eigenvalue weighted by molar-refractivity contribution is -0.143. The van der Waals surface area contributed by atoms with Crippen LogP contribution in [0.2, 0.25) is 5.02 Å². The summed E-state index contributed by atoms with van der Waals surface area (Å²) in [4.78, 5) is 4.06. The summed E-state index contributed by atoms with van der Waals surface area (Å²) >= 11 is 5.95. The summed E-state index contributed by atoms with van der Waals surface area (Å²) in [6, 6.07) is 16.4. The number of rotatable bonds is 5. The van der Waals surface area contributed by atoms with Gasteiger partial charge in [-0.25, -0.2) is 0 Å². The van der Waals surface area contributed by atoms with Gasteiger partial charge >= 0.3 is 12.4 Å². The van der Waals surface area contributed by atoms with Crippen LogP contribution in [0.1, 0.15) is 27.9 Å². The van der Waals surface area contributed by atoms with Gasteiger partial charge < -0.3 is 5.32 Å². The minimum Gasteiger partial charge on any atom is -0.381 e. The van der Waals surface area contributed by atoms with Crippen LogP contribution < -0.4 is 5.32 Å². The van der Waals surface area contributed by atoms with Crippen molar-refractivity contribution in [2.75, 3.05) is 5.32 Å². The van der Waals surface area contributed by atoms with Crippen molar-refractivity contribution in [1.29, 1.82) is 0 Å². The molecule has 0 radical (unpaired) electrons. The van der Waals surface area contributed by atoms with Crippen molar-refractivity contribution in [1.82, 2.24) is 4.98 Å². The third-order valence-electron chi connectivity index (χ3n) is 5.96. The predicted octanol–water partition coefficient (Wildman–Crippen LogP) is 9.34. The maximum atomic E-state index is 14.0. The zero-order chi connectivity index (χ0) is 27.0. The maximum Gasteiger partial charge on any atom is 0.416 e. The third kappa shape index (κ3) is 6.07. The zero-order valence-electron chi connectivity index (χ0n) is 19.7. The Kier molecular flexibility index (Phi) is 7.24. The van der Waals surface area contributed by atoms with Crippen molar-refractivity contribution in [2.45, 2.75) is 32.7 Å². The Morgan fingerprint density at radius 2 is 1.43 bits per heavy atom. The van der Waals surface area contributed by atoms with Gasteiger partial charge in [-0.1, -0.05) is 35.9 Å². The van der Waals surface area contributed by atoms with E-state index in [1.54, 1.807) is 37.3 Å². The number of alkyl halides is 6. The van der Waals surface area contributed by atoms with Crippen LogP contribution in [0.4, 0.5) is 32.0 Å². The van der Waals surface area contributed by atoms with Crippen LogP contribution >= 0.6 is 11.6 Å². The standard InChI is InChI=1S/C28H21ClF6N2/c1-16-11-22(9-10-23(16)18-5-7-21(29)8-6-18)37-15-25-24(19-4-3-17(2)36-14-19)12-20(27(30,31)32)13-26(25)28(33,34)35/h3-14,37H,15H2,1-2H3. The first-order valence-electron chi connectivity index (χ1n) is 11.2. The Hall–Kier alpha value is -3.52. The molecule has 1 N–H and O–H groups in total. The number of aryl methyl sites for hydroxylation is 2. The normalized spacial score (nSPS) is 12.0. The highest BCUT2D eigenvalue weighted by molar-refractivity contribution is 6.30. The molecular formula is C28H21ClF6N2. The number of benzene rings is 3. The first-order valence-corrected chi connectivity index (χ1v) is 11.6. The largest absolute Gasteiger partial charge is 0.416 e. The summed E-state index contributed by atoms with van der Waals surface area (Å²) in [5.41, 5.74) is 0.763. The van der Waals surface area contributed by atoms with Crippen LogP contribution in [-0.4, -0.2) is 4.98 Å². The predicted molar refractivity (Wildman–Crippen MR) is 133 cm³/mol. The van der Waals surface area contributed by atoms with Gasteiger partial charge in [-0.3, -0.25) is 4.98 Å². The molecule has 4 rings (SSSR count). The minimum atomic E-state index is -5.00. The van der Waals surface area contributed by atoms with E-state index in [0.717, 1.165) is 22.8 Å². The number of hydrogen-bond acceptors (Lipinski definition) is 2. The summed E-state index contributed by atoms with van der Waals surface area (Å²) in [6.07, 6.45) is -8.67. The quantitative estimate of drug-likeness (QED) is 0.258. The minimum absolute atomic E-state index is 0.160. The molecule has 1 heterocycles. The van der Waals surface area contributed by atoms with Gasteiger partial charge in [-0.05, 0) is 84.1 Å². The van der Waals surface area contributed by atoms with Crippen LogP contribution in [0.3, 0.4) is 0 Å². The van der Waals surface area contributed by atoms with E-state index >= 15 is 0 Å². The number of nitrogens with one attached hydrogen (secondary N) is 1. The van der Waals surface area contributed by atoms with Crippen LogP contribution in [0.15, 0.2) is 72.9 Å². The average molecular weight is 535 g/mol. The lowest BCUT2D eigenvalue weighted by atomic mass is 9.92. The van der Waals surface area contributed by atoms with Crippen molar-refractivity contribution in [3.8, 4) is 22.3 Å². The van der Waals surface area contributed by atoms with Gasteiger partial charge in [-0.15, -0.1) is 0 Å². The number of aromatic nitrogens is 1. The molecule has 192 valence electrons. The summed E-state index contributed by atoms with van der Waals surface area (Å²) in [5.74, 6) is 0. The first-order chi connectivity index (χ1) is 17.3. The Balaban J connectivity index is 1.75.